The van der Waals surface area contributed by atoms with Crippen molar-refractivity contribution in [3.05, 3.63) is 84.2 Å². The van der Waals surface area contributed by atoms with Gasteiger partial charge in [0.05, 0.1) is 11.9 Å². The molecule has 1 aromatic heterocycles. The Morgan fingerprint density at radius 1 is 1.23 bits per heavy atom. The molecule has 0 aliphatic carbocycles. The van der Waals surface area contributed by atoms with Crippen LogP contribution in [0.3, 0.4) is 0 Å². The van der Waals surface area contributed by atoms with Crippen molar-refractivity contribution in [1.29, 1.82) is 0 Å². The monoisotopic (exact) mass is 353 g/mol. The van der Waals surface area contributed by atoms with Crippen molar-refractivity contribution in [2.24, 2.45) is 0 Å². The van der Waals surface area contributed by atoms with Crippen LogP contribution in [0.5, 0.6) is 5.75 Å². The Balaban J connectivity index is 1.63. The van der Waals surface area contributed by atoms with Gasteiger partial charge < -0.3 is 14.6 Å². The Hall–Kier alpha value is -3.15. The number of para-hydroxylation sites is 1. The zero-order chi connectivity index (χ0) is 18.4. The summed E-state index contributed by atoms with van der Waals surface area (Å²) in [6.07, 6.45) is 5.26. The summed E-state index contributed by atoms with van der Waals surface area (Å²) in [5, 5.41) is 2.96. The fourth-order valence-corrected chi connectivity index (χ4v) is 2.58. The molecule has 1 unspecified atom stereocenters. The zero-order valence-electron chi connectivity index (χ0n) is 14.4. The Morgan fingerprint density at radius 2 is 2.00 bits per heavy atom. The van der Waals surface area contributed by atoms with E-state index in [9.17, 15) is 9.18 Å². The van der Waals surface area contributed by atoms with Gasteiger partial charge in [0.1, 0.15) is 18.2 Å². The molecule has 5 nitrogen and oxygen atoms in total. The number of nitrogens with one attached hydrogen (secondary N) is 1. The van der Waals surface area contributed by atoms with E-state index >= 15 is 0 Å². The van der Waals surface area contributed by atoms with E-state index < -0.39 is 0 Å². The number of aromatic nitrogens is 2. The third-order valence-corrected chi connectivity index (χ3v) is 3.86. The van der Waals surface area contributed by atoms with Gasteiger partial charge in [-0.05, 0) is 36.8 Å². The molecule has 1 heterocycles. The molecule has 0 saturated heterocycles. The van der Waals surface area contributed by atoms with Gasteiger partial charge in [-0.3, -0.25) is 4.79 Å². The summed E-state index contributed by atoms with van der Waals surface area (Å²) < 4.78 is 20.7. The molecule has 0 aliphatic rings. The average Bonchev–Trinajstić information content (AvgIpc) is 3.14. The van der Waals surface area contributed by atoms with E-state index in [0.717, 1.165) is 5.56 Å². The summed E-state index contributed by atoms with van der Waals surface area (Å²) >= 11 is 0. The SMILES string of the molecule is CC(Cn1ccnc1)NC(=O)c1ccccc1OCc1ccc(F)cc1. The number of halogens is 1. The van der Waals surface area contributed by atoms with Gasteiger partial charge in [-0.2, -0.15) is 0 Å². The molecule has 2 aromatic carbocycles. The predicted octanol–water partition coefficient (Wildman–Crippen LogP) is 3.42. The van der Waals surface area contributed by atoms with E-state index in [1.807, 2.05) is 23.8 Å². The topological polar surface area (TPSA) is 56.2 Å². The number of ether oxygens (including phenoxy) is 1. The van der Waals surface area contributed by atoms with Gasteiger partial charge in [0.15, 0.2) is 0 Å². The number of imidazole rings is 1. The number of benzene rings is 2. The first kappa shape index (κ1) is 17.7. The van der Waals surface area contributed by atoms with Gasteiger partial charge in [0.25, 0.3) is 5.91 Å². The summed E-state index contributed by atoms with van der Waals surface area (Å²) in [7, 11) is 0. The smallest absolute Gasteiger partial charge is 0.255 e. The summed E-state index contributed by atoms with van der Waals surface area (Å²) in [4.78, 5) is 16.6. The average molecular weight is 353 g/mol. The zero-order valence-corrected chi connectivity index (χ0v) is 14.4. The van der Waals surface area contributed by atoms with E-state index in [1.54, 1.807) is 42.9 Å². The van der Waals surface area contributed by atoms with Crippen molar-refractivity contribution >= 4 is 5.91 Å². The van der Waals surface area contributed by atoms with E-state index in [2.05, 4.69) is 10.3 Å². The summed E-state index contributed by atoms with van der Waals surface area (Å²) in [6.45, 7) is 2.82. The quantitative estimate of drug-likeness (QED) is 0.708. The van der Waals surface area contributed by atoms with Crippen molar-refractivity contribution in [3.63, 3.8) is 0 Å². The van der Waals surface area contributed by atoms with Gasteiger partial charge >= 0.3 is 0 Å². The molecule has 1 atom stereocenters. The maximum absolute atomic E-state index is 13.0. The number of nitrogens with zero attached hydrogens (tertiary/aromatic N) is 2. The minimum absolute atomic E-state index is 0.0677. The van der Waals surface area contributed by atoms with Crippen LogP contribution in [0.15, 0.2) is 67.3 Å². The number of carbonyl (C=O) groups excluding carboxylic acids is 1. The Kier molecular flexibility index (Phi) is 5.63. The molecule has 0 fully saturated rings. The fraction of sp³-hybridized carbons (Fsp3) is 0.200. The first-order valence-electron chi connectivity index (χ1n) is 8.34. The highest BCUT2D eigenvalue weighted by Gasteiger charge is 2.15. The lowest BCUT2D eigenvalue weighted by atomic mass is 10.1. The van der Waals surface area contributed by atoms with E-state index in [0.29, 0.717) is 17.9 Å². The molecule has 1 amide bonds. The van der Waals surface area contributed by atoms with Crippen LogP contribution < -0.4 is 10.1 Å². The second-order valence-corrected chi connectivity index (χ2v) is 6.05. The molecule has 26 heavy (non-hydrogen) atoms. The Morgan fingerprint density at radius 3 is 2.73 bits per heavy atom. The van der Waals surface area contributed by atoms with Crippen molar-refractivity contribution in [2.75, 3.05) is 0 Å². The highest BCUT2D eigenvalue weighted by molar-refractivity contribution is 5.97. The van der Waals surface area contributed by atoms with Crippen LogP contribution in [0.2, 0.25) is 0 Å². The third kappa shape index (κ3) is 4.69. The molecular weight excluding hydrogens is 333 g/mol. The molecular formula is C20H20FN3O2. The highest BCUT2D eigenvalue weighted by Crippen LogP contribution is 2.19. The highest BCUT2D eigenvalue weighted by atomic mass is 19.1. The minimum atomic E-state index is -0.291. The normalized spacial score (nSPS) is 11.8. The molecule has 0 bridgehead atoms. The standard InChI is InChI=1S/C20H20FN3O2/c1-15(12-24-11-10-22-14-24)23-20(25)18-4-2-3-5-19(18)26-13-16-6-8-17(21)9-7-16/h2-11,14-15H,12-13H2,1H3,(H,23,25). The fourth-order valence-electron chi connectivity index (χ4n) is 2.58. The molecule has 0 saturated carbocycles. The van der Waals surface area contributed by atoms with Crippen LogP contribution in [-0.4, -0.2) is 21.5 Å². The molecule has 0 radical (unpaired) electrons. The number of amides is 1. The Bertz CT molecular complexity index is 848. The lowest BCUT2D eigenvalue weighted by Gasteiger charge is -2.16. The van der Waals surface area contributed by atoms with Gasteiger partial charge in [0.2, 0.25) is 0 Å². The van der Waals surface area contributed by atoms with Crippen LogP contribution in [-0.2, 0) is 13.2 Å². The summed E-state index contributed by atoms with van der Waals surface area (Å²) in [5.74, 6) is -0.00288. The van der Waals surface area contributed by atoms with E-state index in [-0.39, 0.29) is 24.4 Å². The van der Waals surface area contributed by atoms with Gasteiger partial charge in [-0.15, -0.1) is 0 Å². The molecule has 3 rings (SSSR count). The molecule has 0 spiro atoms. The van der Waals surface area contributed by atoms with E-state index in [4.69, 9.17) is 4.74 Å². The van der Waals surface area contributed by atoms with E-state index in [1.165, 1.54) is 12.1 Å². The van der Waals surface area contributed by atoms with Crippen LogP contribution in [0, 0.1) is 5.82 Å². The van der Waals surface area contributed by atoms with Crippen molar-refractivity contribution < 1.29 is 13.9 Å². The number of hydrogen-bond donors (Lipinski definition) is 1. The largest absolute Gasteiger partial charge is 0.488 e. The number of carbonyl (C=O) groups is 1. The third-order valence-electron chi connectivity index (χ3n) is 3.86. The number of rotatable bonds is 7. The van der Waals surface area contributed by atoms with Gasteiger partial charge in [-0.1, -0.05) is 24.3 Å². The van der Waals surface area contributed by atoms with Gasteiger partial charge in [0, 0.05) is 25.0 Å². The lowest BCUT2D eigenvalue weighted by Crippen LogP contribution is -2.35. The second kappa shape index (κ2) is 8.29. The number of hydrogen-bond acceptors (Lipinski definition) is 3. The predicted molar refractivity (Wildman–Crippen MR) is 96.3 cm³/mol. The Labute approximate surface area is 151 Å². The summed E-state index contributed by atoms with van der Waals surface area (Å²) in [6, 6.07) is 13.1. The lowest BCUT2D eigenvalue weighted by molar-refractivity contribution is 0.0932. The molecule has 0 aliphatic heterocycles. The van der Waals surface area contributed by atoms with Crippen molar-refractivity contribution in [2.45, 2.75) is 26.1 Å². The van der Waals surface area contributed by atoms with Crippen LogP contribution >= 0.6 is 0 Å². The van der Waals surface area contributed by atoms with Crippen molar-refractivity contribution in [3.8, 4) is 5.75 Å². The maximum atomic E-state index is 13.0. The van der Waals surface area contributed by atoms with Crippen LogP contribution in [0.4, 0.5) is 4.39 Å². The maximum Gasteiger partial charge on any atom is 0.255 e. The molecule has 134 valence electrons. The first-order valence-corrected chi connectivity index (χ1v) is 8.34. The molecule has 1 N–H and O–H groups in total. The molecule has 6 heteroatoms. The summed E-state index contributed by atoms with van der Waals surface area (Å²) in [5.41, 5.74) is 1.29. The van der Waals surface area contributed by atoms with Crippen LogP contribution in [0.25, 0.3) is 0 Å². The van der Waals surface area contributed by atoms with Gasteiger partial charge in [-0.25, -0.2) is 9.37 Å². The van der Waals surface area contributed by atoms with Crippen LogP contribution in [0.1, 0.15) is 22.8 Å². The first-order chi connectivity index (χ1) is 12.6. The second-order valence-electron chi connectivity index (χ2n) is 6.05. The van der Waals surface area contributed by atoms with Crippen molar-refractivity contribution in [1.82, 2.24) is 14.9 Å². The molecule has 3 aromatic rings. The minimum Gasteiger partial charge on any atom is -0.488 e.